The van der Waals surface area contributed by atoms with Crippen molar-refractivity contribution in [1.82, 2.24) is 0 Å². The third-order valence-electron chi connectivity index (χ3n) is 2.02. The van der Waals surface area contributed by atoms with Crippen LogP contribution in [0.25, 0.3) is 0 Å². The van der Waals surface area contributed by atoms with Gasteiger partial charge in [-0.05, 0) is 51.5 Å². The highest BCUT2D eigenvalue weighted by Gasteiger charge is 2.19. The summed E-state index contributed by atoms with van der Waals surface area (Å²) < 4.78 is 15.7. The normalized spacial score (nSPS) is 14.8. The fraction of sp³-hybridized carbons (Fsp3) is 0.417. The number of hydrogen-bond donors (Lipinski definition) is 0. The predicted molar refractivity (Wildman–Crippen MR) is 76.6 cm³/mol. The number of halogens is 2. The van der Waals surface area contributed by atoms with Crippen LogP contribution in [-0.2, 0) is 11.0 Å². The quantitative estimate of drug-likeness (QED) is 0.749. The summed E-state index contributed by atoms with van der Waals surface area (Å²) in [5.74, 6) is 0. The van der Waals surface area contributed by atoms with Crippen molar-refractivity contribution in [3.05, 3.63) is 33.8 Å². The molecule has 1 atom stereocenters. The molecule has 0 aromatic heterocycles. The molecule has 1 rings (SSSR count). The SMILES string of the molecule is CC(=N[S@@](=O)C(C)(C)C)c1cc(Cl)cc(Cl)c1. The van der Waals surface area contributed by atoms with Gasteiger partial charge in [-0.15, -0.1) is 0 Å². The smallest absolute Gasteiger partial charge is 0.145 e. The van der Waals surface area contributed by atoms with Crippen LogP contribution in [0.4, 0.5) is 0 Å². The van der Waals surface area contributed by atoms with Gasteiger partial charge in [0.15, 0.2) is 0 Å². The van der Waals surface area contributed by atoms with Crippen LogP contribution >= 0.6 is 23.2 Å². The summed E-state index contributed by atoms with van der Waals surface area (Å²) in [6.07, 6.45) is 0. The second-order valence-electron chi connectivity index (χ2n) is 4.70. The molecule has 0 amide bonds. The zero-order chi connectivity index (χ0) is 13.2. The minimum Gasteiger partial charge on any atom is -0.234 e. The summed E-state index contributed by atoms with van der Waals surface area (Å²) in [6.45, 7) is 7.44. The van der Waals surface area contributed by atoms with Crippen molar-refractivity contribution < 1.29 is 4.21 Å². The lowest BCUT2D eigenvalue weighted by molar-refractivity contribution is 0.650. The standard InChI is InChI=1S/C12H15Cl2NOS/c1-8(15-17(16)12(2,3)4)9-5-10(13)7-11(14)6-9/h5-7H,1-4H3/t17-/m0/s1. The minimum atomic E-state index is -1.28. The van der Waals surface area contributed by atoms with Crippen molar-refractivity contribution in [2.45, 2.75) is 32.4 Å². The summed E-state index contributed by atoms with van der Waals surface area (Å²) in [6, 6.07) is 5.17. The first-order chi connectivity index (χ1) is 7.70. The van der Waals surface area contributed by atoms with Gasteiger partial charge in [-0.25, -0.2) is 4.21 Å². The van der Waals surface area contributed by atoms with Gasteiger partial charge < -0.3 is 0 Å². The van der Waals surface area contributed by atoms with Gasteiger partial charge in [-0.1, -0.05) is 23.2 Å². The fourth-order valence-corrected chi connectivity index (χ4v) is 2.23. The van der Waals surface area contributed by atoms with Crippen molar-refractivity contribution in [2.24, 2.45) is 4.40 Å². The van der Waals surface area contributed by atoms with Gasteiger partial charge >= 0.3 is 0 Å². The Hall–Kier alpha value is -0.380. The Morgan fingerprint density at radius 1 is 1.18 bits per heavy atom. The summed E-state index contributed by atoms with van der Waals surface area (Å²) in [5.41, 5.74) is 1.46. The molecule has 1 aromatic carbocycles. The lowest BCUT2D eigenvalue weighted by Crippen LogP contribution is -2.20. The molecule has 0 radical (unpaired) electrons. The monoisotopic (exact) mass is 291 g/mol. The van der Waals surface area contributed by atoms with Crippen molar-refractivity contribution in [3.8, 4) is 0 Å². The molecule has 0 spiro atoms. The molecule has 0 fully saturated rings. The predicted octanol–water partition coefficient (Wildman–Crippen LogP) is 4.26. The van der Waals surface area contributed by atoms with E-state index in [0.717, 1.165) is 5.56 Å². The van der Waals surface area contributed by atoms with Gasteiger partial charge in [0, 0.05) is 10.0 Å². The van der Waals surface area contributed by atoms with Crippen LogP contribution < -0.4 is 0 Å². The first-order valence-corrected chi connectivity index (χ1v) is 7.00. The number of hydrogen-bond acceptors (Lipinski definition) is 1. The largest absolute Gasteiger partial charge is 0.234 e. The summed E-state index contributed by atoms with van der Waals surface area (Å²) in [7, 11) is -1.28. The van der Waals surface area contributed by atoms with Crippen LogP contribution in [0.5, 0.6) is 0 Å². The summed E-state index contributed by atoms with van der Waals surface area (Å²) in [4.78, 5) is 0. The molecule has 0 saturated carbocycles. The lowest BCUT2D eigenvalue weighted by atomic mass is 10.1. The lowest BCUT2D eigenvalue weighted by Gasteiger charge is -2.14. The molecule has 0 aliphatic carbocycles. The average Bonchev–Trinajstić information content (AvgIpc) is 2.14. The van der Waals surface area contributed by atoms with Gasteiger partial charge in [0.05, 0.1) is 10.5 Å². The molecule has 17 heavy (non-hydrogen) atoms. The average molecular weight is 292 g/mol. The number of rotatable bonds is 2. The molecule has 0 heterocycles. The summed E-state index contributed by atoms with van der Waals surface area (Å²) >= 11 is 11.8. The van der Waals surface area contributed by atoms with Crippen molar-refractivity contribution in [1.29, 1.82) is 0 Å². The van der Waals surface area contributed by atoms with Crippen LogP contribution in [0.1, 0.15) is 33.3 Å². The van der Waals surface area contributed by atoms with E-state index in [9.17, 15) is 4.21 Å². The first-order valence-electron chi connectivity index (χ1n) is 5.14. The maximum absolute atomic E-state index is 11.9. The van der Waals surface area contributed by atoms with Crippen molar-refractivity contribution in [2.75, 3.05) is 0 Å². The molecule has 0 unspecified atom stereocenters. The van der Waals surface area contributed by atoms with Crippen molar-refractivity contribution >= 4 is 39.9 Å². The molecule has 5 heteroatoms. The Morgan fingerprint density at radius 2 is 1.65 bits per heavy atom. The van der Waals surface area contributed by atoms with Gasteiger partial charge in [0.1, 0.15) is 11.0 Å². The first kappa shape index (κ1) is 14.7. The van der Waals surface area contributed by atoms with Gasteiger partial charge in [-0.3, -0.25) is 0 Å². The van der Waals surface area contributed by atoms with E-state index >= 15 is 0 Å². The van der Waals surface area contributed by atoms with Crippen LogP contribution in [0, 0.1) is 0 Å². The van der Waals surface area contributed by atoms with Crippen LogP contribution in [0.2, 0.25) is 10.0 Å². The molecule has 0 aliphatic heterocycles. The maximum Gasteiger partial charge on any atom is 0.145 e. The zero-order valence-electron chi connectivity index (χ0n) is 10.3. The highest BCUT2D eigenvalue weighted by molar-refractivity contribution is 7.85. The molecule has 0 saturated heterocycles. The van der Waals surface area contributed by atoms with E-state index in [0.29, 0.717) is 15.8 Å². The van der Waals surface area contributed by atoms with E-state index in [-0.39, 0.29) is 4.75 Å². The topological polar surface area (TPSA) is 29.4 Å². The Morgan fingerprint density at radius 3 is 2.06 bits per heavy atom. The van der Waals surface area contributed by atoms with Gasteiger partial charge in [0.25, 0.3) is 0 Å². The zero-order valence-corrected chi connectivity index (χ0v) is 12.6. The van der Waals surface area contributed by atoms with E-state index in [2.05, 4.69) is 4.40 Å². The van der Waals surface area contributed by atoms with E-state index in [1.165, 1.54) is 0 Å². The van der Waals surface area contributed by atoms with E-state index in [4.69, 9.17) is 23.2 Å². The highest BCUT2D eigenvalue weighted by Crippen LogP contribution is 2.20. The molecule has 0 aliphatic rings. The van der Waals surface area contributed by atoms with Crippen LogP contribution in [-0.4, -0.2) is 14.7 Å². The fourth-order valence-electron chi connectivity index (χ4n) is 1.08. The third kappa shape index (κ3) is 4.41. The highest BCUT2D eigenvalue weighted by atomic mass is 35.5. The minimum absolute atomic E-state index is 0.371. The van der Waals surface area contributed by atoms with Crippen LogP contribution in [0.15, 0.2) is 22.6 Å². The van der Waals surface area contributed by atoms with Gasteiger partial charge in [0.2, 0.25) is 0 Å². The van der Waals surface area contributed by atoms with E-state index < -0.39 is 11.0 Å². The number of benzene rings is 1. The Kier molecular flexibility index (Phi) is 4.76. The van der Waals surface area contributed by atoms with Crippen molar-refractivity contribution in [3.63, 3.8) is 0 Å². The van der Waals surface area contributed by atoms with E-state index in [1.54, 1.807) is 25.1 Å². The molecule has 1 aromatic rings. The Balaban J connectivity index is 3.08. The van der Waals surface area contributed by atoms with Gasteiger partial charge in [-0.2, -0.15) is 4.40 Å². The molecule has 0 bridgehead atoms. The molecular formula is C12H15Cl2NOS. The van der Waals surface area contributed by atoms with Crippen LogP contribution in [0.3, 0.4) is 0 Å². The summed E-state index contributed by atoms with van der Waals surface area (Å²) in [5, 5.41) is 1.09. The molecule has 2 nitrogen and oxygen atoms in total. The van der Waals surface area contributed by atoms with E-state index in [1.807, 2.05) is 20.8 Å². The molecular weight excluding hydrogens is 277 g/mol. The second-order valence-corrected chi connectivity index (χ2v) is 7.47. The Labute approximate surface area is 115 Å². The number of nitrogens with zero attached hydrogens (tertiary/aromatic N) is 1. The second kappa shape index (κ2) is 5.51. The Bertz CT molecular complexity index is 458. The molecule has 0 N–H and O–H groups in total. The maximum atomic E-state index is 11.9. The molecule has 94 valence electrons. The third-order valence-corrected chi connectivity index (χ3v) is 3.95.